The van der Waals surface area contributed by atoms with E-state index in [0.717, 1.165) is 6.54 Å². The van der Waals surface area contributed by atoms with Crippen LogP contribution in [0.15, 0.2) is 0 Å². The monoisotopic (exact) mass is 265 g/mol. The highest BCUT2D eigenvalue weighted by atomic mass is 32.2. The molecule has 0 aromatic carbocycles. The Balaban J connectivity index is 2.21. The Labute approximate surface area is 104 Å². The molecule has 0 radical (unpaired) electrons. The van der Waals surface area contributed by atoms with Crippen LogP contribution in [0.4, 0.5) is 0 Å². The summed E-state index contributed by atoms with van der Waals surface area (Å²) in [5, 5.41) is 4.02. The summed E-state index contributed by atoms with van der Waals surface area (Å²) >= 11 is 2.02. The van der Waals surface area contributed by atoms with Crippen LogP contribution in [0.2, 0.25) is 0 Å². The number of thioether (sulfide) groups is 1. The van der Waals surface area contributed by atoms with E-state index in [-0.39, 0.29) is 17.5 Å². The number of hydrogen-bond donors (Lipinski definition) is 1. The van der Waals surface area contributed by atoms with Crippen LogP contribution in [0, 0.1) is 0 Å². The molecule has 1 fully saturated rings. The molecule has 0 aromatic rings. The van der Waals surface area contributed by atoms with Gasteiger partial charge in [0.15, 0.2) is 9.84 Å². The second kappa shape index (κ2) is 6.87. The molecule has 0 bridgehead atoms. The fourth-order valence-corrected chi connectivity index (χ4v) is 4.23. The summed E-state index contributed by atoms with van der Waals surface area (Å²) in [5.74, 6) is 1.77. The van der Waals surface area contributed by atoms with Crippen LogP contribution >= 0.6 is 11.8 Å². The molecule has 0 saturated carbocycles. The van der Waals surface area contributed by atoms with E-state index in [2.05, 4.69) is 5.32 Å². The summed E-state index contributed by atoms with van der Waals surface area (Å²) in [4.78, 5) is 0. The lowest BCUT2D eigenvalue weighted by Gasteiger charge is -2.23. The minimum absolute atomic E-state index is 0.0764. The van der Waals surface area contributed by atoms with E-state index in [4.69, 9.17) is 0 Å². The van der Waals surface area contributed by atoms with Gasteiger partial charge in [0.1, 0.15) is 0 Å². The maximum Gasteiger partial charge on any atom is 0.151 e. The van der Waals surface area contributed by atoms with Crippen LogP contribution in [0.5, 0.6) is 0 Å². The normalized spacial score (nSPS) is 24.2. The summed E-state index contributed by atoms with van der Waals surface area (Å²) < 4.78 is 22.8. The Hall–Kier alpha value is 0.260. The molecule has 0 spiro atoms. The van der Waals surface area contributed by atoms with Crippen molar-refractivity contribution in [3.63, 3.8) is 0 Å². The maximum atomic E-state index is 11.4. The molecule has 2 unspecified atom stereocenters. The van der Waals surface area contributed by atoms with Crippen LogP contribution in [0.1, 0.15) is 33.1 Å². The van der Waals surface area contributed by atoms with Crippen molar-refractivity contribution < 1.29 is 8.42 Å². The first-order valence-corrected chi connectivity index (χ1v) is 8.96. The van der Waals surface area contributed by atoms with Crippen LogP contribution in [0.25, 0.3) is 0 Å². The Morgan fingerprint density at radius 2 is 2.19 bits per heavy atom. The van der Waals surface area contributed by atoms with Gasteiger partial charge in [-0.2, -0.15) is 11.8 Å². The molecule has 0 aromatic heterocycles. The minimum atomic E-state index is -2.84. The van der Waals surface area contributed by atoms with Crippen molar-refractivity contribution in [2.75, 3.05) is 23.8 Å². The number of hydrogen-bond acceptors (Lipinski definition) is 4. The van der Waals surface area contributed by atoms with E-state index >= 15 is 0 Å². The van der Waals surface area contributed by atoms with Crippen molar-refractivity contribution >= 4 is 21.6 Å². The third-order valence-corrected chi connectivity index (χ3v) is 6.20. The molecule has 1 aliphatic rings. The Morgan fingerprint density at radius 1 is 1.44 bits per heavy atom. The zero-order chi connectivity index (χ0) is 12.0. The minimum Gasteiger partial charge on any atom is -0.312 e. The highest BCUT2D eigenvalue weighted by Gasteiger charge is 2.17. The van der Waals surface area contributed by atoms with E-state index in [1.807, 2.05) is 18.7 Å². The molecule has 0 aliphatic carbocycles. The van der Waals surface area contributed by atoms with Crippen LogP contribution in [0.3, 0.4) is 0 Å². The number of rotatable bonds is 6. The first-order valence-electron chi connectivity index (χ1n) is 6.09. The molecule has 3 nitrogen and oxygen atoms in total. The smallest absolute Gasteiger partial charge is 0.151 e. The third kappa shape index (κ3) is 5.55. The van der Waals surface area contributed by atoms with Gasteiger partial charge in [-0.1, -0.05) is 13.3 Å². The summed E-state index contributed by atoms with van der Waals surface area (Å²) in [6, 6.07) is 0.0764. The van der Waals surface area contributed by atoms with E-state index in [0.29, 0.717) is 5.25 Å². The van der Waals surface area contributed by atoms with Crippen molar-refractivity contribution in [1.29, 1.82) is 0 Å². The van der Waals surface area contributed by atoms with Crippen LogP contribution < -0.4 is 5.32 Å². The molecule has 1 saturated heterocycles. The van der Waals surface area contributed by atoms with Gasteiger partial charge in [0.2, 0.25) is 0 Å². The van der Waals surface area contributed by atoms with E-state index in [1.54, 1.807) is 6.92 Å². The van der Waals surface area contributed by atoms with E-state index < -0.39 is 9.84 Å². The maximum absolute atomic E-state index is 11.4. The molecule has 1 N–H and O–H groups in total. The lowest BCUT2D eigenvalue weighted by molar-refractivity contribution is 0.536. The van der Waals surface area contributed by atoms with Crippen molar-refractivity contribution in [2.24, 2.45) is 0 Å². The first kappa shape index (κ1) is 14.3. The van der Waals surface area contributed by atoms with Gasteiger partial charge in [0.05, 0.1) is 5.75 Å². The molecule has 5 heteroatoms. The second-order valence-corrected chi connectivity index (χ2v) is 8.30. The van der Waals surface area contributed by atoms with Crippen LogP contribution in [-0.4, -0.2) is 43.5 Å². The average Bonchev–Trinajstić information content (AvgIpc) is 2.27. The molecule has 1 aliphatic heterocycles. The van der Waals surface area contributed by atoms with Crippen molar-refractivity contribution in [3.05, 3.63) is 0 Å². The SMILES string of the molecule is CCS(=O)(=O)CC(C)NCC1CCCCS1. The average molecular weight is 265 g/mol. The van der Waals surface area contributed by atoms with Gasteiger partial charge in [0.25, 0.3) is 0 Å². The topological polar surface area (TPSA) is 46.2 Å². The fraction of sp³-hybridized carbons (Fsp3) is 1.00. The van der Waals surface area contributed by atoms with Crippen LogP contribution in [-0.2, 0) is 9.84 Å². The molecular weight excluding hydrogens is 242 g/mol. The summed E-state index contributed by atoms with van der Waals surface area (Å²) in [6.45, 7) is 4.62. The summed E-state index contributed by atoms with van der Waals surface area (Å²) in [5.41, 5.74) is 0. The largest absolute Gasteiger partial charge is 0.312 e. The van der Waals surface area contributed by atoms with Crippen molar-refractivity contribution in [2.45, 2.75) is 44.4 Å². The van der Waals surface area contributed by atoms with Gasteiger partial charge in [-0.15, -0.1) is 0 Å². The first-order chi connectivity index (χ1) is 7.53. The highest BCUT2D eigenvalue weighted by molar-refractivity contribution is 7.99. The van der Waals surface area contributed by atoms with Gasteiger partial charge in [0, 0.05) is 23.6 Å². The van der Waals surface area contributed by atoms with Gasteiger partial charge in [-0.3, -0.25) is 0 Å². The molecular formula is C11H23NO2S2. The Kier molecular flexibility index (Phi) is 6.15. The Bertz CT molecular complexity index is 284. The van der Waals surface area contributed by atoms with Gasteiger partial charge in [-0.05, 0) is 25.5 Å². The molecule has 1 heterocycles. The summed E-state index contributed by atoms with van der Waals surface area (Å²) in [6.07, 6.45) is 3.92. The predicted octanol–water partition coefficient (Wildman–Crippen LogP) is 1.68. The van der Waals surface area contributed by atoms with E-state index in [9.17, 15) is 8.42 Å². The number of sulfone groups is 1. The molecule has 2 atom stereocenters. The molecule has 96 valence electrons. The molecule has 1 rings (SSSR count). The van der Waals surface area contributed by atoms with E-state index in [1.165, 1.54) is 25.0 Å². The number of nitrogens with one attached hydrogen (secondary N) is 1. The second-order valence-electron chi connectivity index (χ2n) is 4.50. The predicted molar refractivity (Wildman–Crippen MR) is 71.9 cm³/mol. The molecule has 0 amide bonds. The molecule has 16 heavy (non-hydrogen) atoms. The quantitative estimate of drug-likeness (QED) is 0.794. The van der Waals surface area contributed by atoms with Crippen molar-refractivity contribution in [1.82, 2.24) is 5.32 Å². The van der Waals surface area contributed by atoms with Gasteiger partial charge in [-0.25, -0.2) is 8.42 Å². The highest BCUT2D eigenvalue weighted by Crippen LogP contribution is 2.24. The lowest BCUT2D eigenvalue weighted by Crippen LogP contribution is -2.38. The van der Waals surface area contributed by atoms with Gasteiger partial charge >= 0.3 is 0 Å². The standard InChI is InChI=1S/C11H23NO2S2/c1-3-16(13,14)9-10(2)12-8-11-6-4-5-7-15-11/h10-12H,3-9H2,1-2H3. The Morgan fingerprint density at radius 3 is 2.75 bits per heavy atom. The zero-order valence-corrected chi connectivity index (χ0v) is 11.9. The summed E-state index contributed by atoms with van der Waals surface area (Å²) in [7, 11) is -2.84. The third-order valence-electron chi connectivity index (χ3n) is 2.91. The van der Waals surface area contributed by atoms with Crippen molar-refractivity contribution in [3.8, 4) is 0 Å². The fourth-order valence-electron chi connectivity index (χ4n) is 1.86. The lowest BCUT2D eigenvalue weighted by atomic mass is 10.2. The zero-order valence-electron chi connectivity index (χ0n) is 10.2. The van der Waals surface area contributed by atoms with Gasteiger partial charge < -0.3 is 5.32 Å².